The number of thiazole rings is 1. The van der Waals surface area contributed by atoms with Gasteiger partial charge in [-0.2, -0.15) is 13.2 Å². The molecule has 1 aromatic rings. The molecule has 3 nitrogen and oxygen atoms in total. The molecule has 0 radical (unpaired) electrons. The van der Waals surface area contributed by atoms with Gasteiger partial charge in [0.15, 0.2) is 6.10 Å². The Hall–Kier alpha value is -0.660. The lowest BCUT2D eigenvalue weighted by atomic mass is 9.91. The number of alkyl halides is 3. The summed E-state index contributed by atoms with van der Waals surface area (Å²) in [5.74, 6) is -0.683. The highest BCUT2D eigenvalue weighted by Gasteiger charge is 2.44. The number of piperidine rings is 1. The number of aliphatic hydroxyl groups excluding tert-OH is 1. The van der Waals surface area contributed by atoms with Crippen LogP contribution in [-0.4, -0.2) is 40.4 Å². The van der Waals surface area contributed by atoms with Crippen molar-refractivity contribution in [3.8, 4) is 0 Å². The fraction of sp³-hybridized carbons (Fsp3) is 0.800. The van der Waals surface area contributed by atoms with E-state index in [-0.39, 0.29) is 5.41 Å². The smallest absolute Gasteiger partial charge is 0.383 e. The van der Waals surface area contributed by atoms with Gasteiger partial charge in [0.25, 0.3) is 0 Å². The van der Waals surface area contributed by atoms with Crippen molar-refractivity contribution in [1.29, 1.82) is 0 Å². The average molecular weight is 336 g/mol. The van der Waals surface area contributed by atoms with Crippen LogP contribution in [0.5, 0.6) is 0 Å². The Morgan fingerprint density at radius 3 is 2.36 bits per heavy atom. The molecule has 1 aliphatic heterocycles. The van der Waals surface area contributed by atoms with Crippen molar-refractivity contribution >= 4 is 11.3 Å². The van der Waals surface area contributed by atoms with Gasteiger partial charge in [0.05, 0.1) is 12.2 Å². The van der Waals surface area contributed by atoms with Gasteiger partial charge in [-0.15, -0.1) is 11.3 Å². The fourth-order valence-corrected chi connectivity index (χ4v) is 3.68. The van der Waals surface area contributed by atoms with E-state index in [2.05, 4.69) is 36.0 Å². The van der Waals surface area contributed by atoms with Gasteiger partial charge in [0, 0.05) is 10.8 Å². The zero-order chi connectivity index (χ0) is 16.5. The number of hydrogen-bond acceptors (Lipinski definition) is 4. The lowest BCUT2D eigenvalue weighted by Gasteiger charge is -2.34. The van der Waals surface area contributed by atoms with Crippen molar-refractivity contribution in [1.82, 2.24) is 9.88 Å². The Morgan fingerprint density at radius 2 is 1.91 bits per heavy atom. The molecule has 0 spiro atoms. The van der Waals surface area contributed by atoms with Crippen LogP contribution in [0.25, 0.3) is 0 Å². The molecule has 7 heteroatoms. The van der Waals surface area contributed by atoms with E-state index in [4.69, 9.17) is 0 Å². The van der Waals surface area contributed by atoms with Crippen LogP contribution in [-0.2, 0) is 12.0 Å². The normalized spacial score (nSPS) is 20.3. The van der Waals surface area contributed by atoms with Gasteiger partial charge in [-0.25, -0.2) is 4.98 Å². The first-order chi connectivity index (χ1) is 10.1. The summed E-state index contributed by atoms with van der Waals surface area (Å²) in [6.07, 6.45) is -5.96. The summed E-state index contributed by atoms with van der Waals surface area (Å²) in [5, 5.41) is 12.4. The van der Waals surface area contributed by atoms with Crippen LogP contribution in [0.2, 0.25) is 0 Å². The highest BCUT2D eigenvalue weighted by atomic mass is 32.1. The molecule has 2 rings (SSSR count). The average Bonchev–Trinajstić information content (AvgIpc) is 2.86. The van der Waals surface area contributed by atoms with E-state index in [9.17, 15) is 18.3 Å². The lowest BCUT2D eigenvalue weighted by Crippen LogP contribution is -2.43. The molecule has 0 bridgehead atoms. The second-order valence-electron chi connectivity index (χ2n) is 6.98. The van der Waals surface area contributed by atoms with E-state index in [1.807, 2.05) is 0 Å². The summed E-state index contributed by atoms with van der Waals surface area (Å²) in [4.78, 5) is 6.73. The Labute approximate surface area is 133 Å². The zero-order valence-corrected chi connectivity index (χ0v) is 14.0. The topological polar surface area (TPSA) is 36.4 Å². The summed E-state index contributed by atoms with van der Waals surface area (Å²) < 4.78 is 37.6. The molecule has 1 aliphatic rings. The van der Waals surface area contributed by atoms with Gasteiger partial charge in [-0.1, -0.05) is 20.8 Å². The molecule has 1 aromatic heterocycles. The molecule has 1 unspecified atom stereocenters. The first-order valence-electron chi connectivity index (χ1n) is 7.49. The maximum absolute atomic E-state index is 12.5. The van der Waals surface area contributed by atoms with Crippen molar-refractivity contribution in [3.63, 3.8) is 0 Å². The molecule has 0 aliphatic carbocycles. The molecule has 1 N–H and O–H groups in total. The fourth-order valence-electron chi connectivity index (χ4n) is 2.61. The maximum Gasteiger partial charge on any atom is 0.414 e. The van der Waals surface area contributed by atoms with E-state index in [0.29, 0.717) is 32.5 Å². The van der Waals surface area contributed by atoms with Crippen LogP contribution in [0.3, 0.4) is 0 Å². The van der Waals surface area contributed by atoms with Gasteiger partial charge in [0.1, 0.15) is 5.01 Å². The van der Waals surface area contributed by atoms with E-state index in [1.165, 1.54) is 0 Å². The molecule has 1 saturated heterocycles. The predicted octanol–water partition coefficient (Wildman–Crippen LogP) is 3.58. The largest absolute Gasteiger partial charge is 0.414 e. The lowest BCUT2D eigenvalue weighted by molar-refractivity contribution is -0.223. The zero-order valence-electron chi connectivity index (χ0n) is 13.2. The third-order valence-corrected chi connectivity index (χ3v) is 4.93. The van der Waals surface area contributed by atoms with Crippen molar-refractivity contribution in [2.75, 3.05) is 13.1 Å². The van der Waals surface area contributed by atoms with Crippen LogP contribution in [0.15, 0.2) is 5.38 Å². The van der Waals surface area contributed by atoms with Crippen molar-refractivity contribution < 1.29 is 18.3 Å². The van der Waals surface area contributed by atoms with E-state index in [0.717, 1.165) is 10.7 Å². The Balaban J connectivity index is 1.86. The minimum absolute atomic E-state index is 0.0125. The van der Waals surface area contributed by atoms with E-state index in [1.54, 1.807) is 11.3 Å². The van der Waals surface area contributed by atoms with E-state index >= 15 is 0 Å². The first kappa shape index (κ1) is 17.7. The molecule has 2 heterocycles. The Kier molecular flexibility index (Phi) is 5.19. The number of hydrogen-bond donors (Lipinski definition) is 1. The van der Waals surface area contributed by atoms with Gasteiger partial charge in [-0.3, -0.25) is 4.90 Å². The summed E-state index contributed by atoms with van der Waals surface area (Å²) in [6, 6.07) is 0. The van der Waals surface area contributed by atoms with Crippen molar-refractivity contribution in [2.24, 2.45) is 5.92 Å². The van der Waals surface area contributed by atoms with E-state index < -0.39 is 18.2 Å². The molecule has 126 valence electrons. The maximum atomic E-state index is 12.5. The molecule has 1 atom stereocenters. The molecular formula is C15H23F3N2OS. The van der Waals surface area contributed by atoms with Gasteiger partial charge in [-0.05, 0) is 31.8 Å². The van der Waals surface area contributed by atoms with Crippen LogP contribution in [0, 0.1) is 5.92 Å². The van der Waals surface area contributed by atoms with Crippen LogP contribution in [0.1, 0.15) is 44.3 Å². The van der Waals surface area contributed by atoms with Gasteiger partial charge in [0.2, 0.25) is 0 Å². The Bertz CT molecular complexity index is 488. The van der Waals surface area contributed by atoms with Crippen molar-refractivity contribution in [2.45, 2.75) is 57.9 Å². The quantitative estimate of drug-likeness (QED) is 0.917. The summed E-state index contributed by atoms with van der Waals surface area (Å²) in [6.45, 7) is 8.14. The monoisotopic (exact) mass is 336 g/mol. The Morgan fingerprint density at radius 1 is 1.32 bits per heavy atom. The molecular weight excluding hydrogens is 313 g/mol. The molecule has 22 heavy (non-hydrogen) atoms. The number of likely N-dealkylation sites (tertiary alicyclic amines) is 1. The minimum Gasteiger partial charge on any atom is -0.383 e. The van der Waals surface area contributed by atoms with Crippen LogP contribution < -0.4 is 0 Å². The standard InChI is InChI=1S/C15H23F3N2OS/c1-14(2,3)11-9-22-12(19-11)8-20-6-4-10(5-7-20)13(21)15(16,17)18/h9-10,13,21H,4-8H2,1-3H3. The minimum atomic E-state index is -4.51. The van der Waals surface area contributed by atoms with Crippen LogP contribution in [0.4, 0.5) is 13.2 Å². The molecule has 0 amide bonds. The second-order valence-corrected chi connectivity index (χ2v) is 7.92. The molecule has 0 saturated carbocycles. The van der Waals surface area contributed by atoms with Crippen LogP contribution >= 0.6 is 11.3 Å². The highest BCUT2D eigenvalue weighted by molar-refractivity contribution is 7.09. The predicted molar refractivity (Wildman–Crippen MR) is 80.9 cm³/mol. The number of nitrogens with zero attached hydrogens (tertiary/aromatic N) is 2. The van der Waals surface area contributed by atoms with Gasteiger partial charge < -0.3 is 5.11 Å². The first-order valence-corrected chi connectivity index (χ1v) is 8.37. The number of aliphatic hydroxyl groups is 1. The number of halogens is 3. The summed E-state index contributed by atoms with van der Waals surface area (Å²) >= 11 is 1.60. The molecule has 0 aromatic carbocycles. The van der Waals surface area contributed by atoms with Gasteiger partial charge >= 0.3 is 6.18 Å². The summed E-state index contributed by atoms with van der Waals surface area (Å²) in [7, 11) is 0. The highest BCUT2D eigenvalue weighted by Crippen LogP contribution is 2.32. The SMILES string of the molecule is CC(C)(C)c1csc(CN2CCC(C(O)C(F)(F)F)CC2)n1. The number of rotatable bonds is 3. The third kappa shape index (κ3) is 4.43. The third-order valence-electron chi connectivity index (χ3n) is 4.09. The summed E-state index contributed by atoms with van der Waals surface area (Å²) in [5.41, 5.74) is 1.06. The number of aromatic nitrogens is 1. The molecule has 1 fully saturated rings. The van der Waals surface area contributed by atoms with Crippen molar-refractivity contribution in [3.05, 3.63) is 16.1 Å². The second kappa shape index (κ2) is 6.45.